The quantitative estimate of drug-likeness (QED) is 0.760. The van der Waals surface area contributed by atoms with Gasteiger partial charge in [0.2, 0.25) is 5.91 Å². The van der Waals surface area contributed by atoms with E-state index in [0.29, 0.717) is 25.6 Å². The van der Waals surface area contributed by atoms with Crippen molar-refractivity contribution in [2.45, 2.75) is 33.2 Å². The zero-order chi connectivity index (χ0) is 13.9. The summed E-state index contributed by atoms with van der Waals surface area (Å²) in [4.78, 5) is 12.0. The molecule has 0 aliphatic carbocycles. The van der Waals surface area contributed by atoms with Gasteiger partial charge in [0.05, 0.1) is 13.2 Å². The number of morpholine rings is 1. The SMILES string of the molecule is CC(C)(C)Cc1cc(NC(=O)C2COCCN2)n[nH]1. The van der Waals surface area contributed by atoms with Crippen LogP contribution in [0.25, 0.3) is 0 Å². The number of rotatable bonds is 3. The summed E-state index contributed by atoms with van der Waals surface area (Å²) in [5.74, 6) is 0.463. The molecule has 1 aliphatic rings. The third-order valence-electron chi connectivity index (χ3n) is 2.84. The van der Waals surface area contributed by atoms with Crippen molar-refractivity contribution in [3.63, 3.8) is 0 Å². The van der Waals surface area contributed by atoms with Gasteiger partial charge >= 0.3 is 0 Å². The third kappa shape index (κ3) is 4.33. The maximum absolute atomic E-state index is 12.0. The summed E-state index contributed by atoms with van der Waals surface area (Å²) in [6.07, 6.45) is 0.890. The first-order chi connectivity index (χ1) is 8.94. The van der Waals surface area contributed by atoms with Crippen molar-refractivity contribution in [2.24, 2.45) is 5.41 Å². The number of aromatic nitrogens is 2. The summed E-state index contributed by atoms with van der Waals surface area (Å²) < 4.78 is 5.26. The lowest BCUT2D eigenvalue weighted by Gasteiger charge is -2.22. The molecule has 6 nitrogen and oxygen atoms in total. The van der Waals surface area contributed by atoms with Gasteiger partial charge in [-0.2, -0.15) is 5.10 Å². The van der Waals surface area contributed by atoms with Gasteiger partial charge in [0.15, 0.2) is 5.82 Å². The molecular weight excluding hydrogens is 244 g/mol. The van der Waals surface area contributed by atoms with Gasteiger partial charge in [0, 0.05) is 18.3 Å². The van der Waals surface area contributed by atoms with Gasteiger partial charge in [0.1, 0.15) is 6.04 Å². The lowest BCUT2D eigenvalue weighted by Crippen LogP contribution is -2.48. The van der Waals surface area contributed by atoms with E-state index < -0.39 is 0 Å². The second-order valence-corrected chi connectivity index (χ2v) is 6.09. The summed E-state index contributed by atoms with van der Waals surface area (Å²) in [6.45, 7) is 8.25. The molecule has 1 aliphatic heterocycles. The molecule has 1 aromatic rings. The lowest BCUT2D eigenvalue weighted by atomic mass is 9.91. The van der Waals surface area contributed by atoms with Gasteiger partial charge in [-0.05, 0) is 11.8 Å². The standard InChI is InChI=1S/C13H22N4O2/c1-13(2,3)7-9-6-11(17-16-9)15-12(18)10-8-19-5-4-14-10/h6,10,14H,4-5,7-8H2,1-3H3,(H2,15,16,17,18). The van der Waals surface area contributed by atoms with E-state index in [1.165, 1.54) is 0 Å². The van der Waals surface area contributed by atoms with E-state index in [9.17, 15) is 4.79 Å². The molecule has 19 heavy (non-hydrogen) atoms. The third-order valence-corrected chi connectivity index (χ3v) is 2.84. The highest BCUT2D eigenvalue weighted by molar-refractivity contribution is 5.94. The monoisotopic (exact) mass is 266 g/mol. The average Bonchev–Trinajstić information content (AvgIpc) is 2.75. The van der Waals surface area contributed by atoms with E-state index >= 15 is 0 Å². The number of carbonyl (C=O) groups excluding carboxylic acids is 1. The lowest BCUT2D eigenvalue weighted by molar-refractivity contribution is -0.120. The predicted octanol–water partition coefficient (Wildman–Crippen LogP) is 0.925. The van der Waals surface area contributed by atoms with Crippen LogP contribution in [0.4, 0.5) is 5.82 Å². The molecule has 1 saturated heterocycles. The second-order valence-electron chi connectivity index (χ2n) is 6.09. The van der Waals surface area contributed by atoms with Crippen LogP contribution in [0.3, 0.4) is 0 Å². The Kier molecular flexibility index (Phi) is 4.21. The van der Waals surface area contributed by atoms with E-state index in [1.807, 2.05) is 6.07 Å². The Morgan fingerprint density at radius 2 is 2.37 bits per heavy atom. The Morgan fingerprint density at radius 3 is 3.00 bits per heavy atom. The zero-order valence-corrected chi connectivity index (χ0v) is 11.7. The van der Waals surface area contributed by atoms with Crippen molar-refractivity contribution < 1.29 is 9.53 Å². The van der Waals surface area contributed by atoms with Gasteiger partial charge < -0.3 is 15.4 Å². The van der Waals surface area contributed by atoms with E-state index in [-0.39, 0.29) is 17.4 Å². The largest absolute Gasteiger partial charge is 0.378 e. The number of carbonyl (C=O) groups is 1. The van der Waals surface area contributed by atoms with E-state index in [1.54, 1.807) is 0 Å². The van der Waals surface area contributed by atoms with Crippen LogP contribution >= 0.6 is 0 Å². The number of ether oxygens (including phenoxy) is 1. The van der Waals surface area contributed by atoms with Crippen molar-refractivity contribution in [3.8, 4) is 0 Å². The number of anilines is 1. The fourth-order valence-corrected chi connectivity index (χ4v) is 2.03. The van der Waals surface area contributed by atoms with Gasteiger partial charge in [-0.3, -0.25) is 9.89 Å². The maximum atomic E-state index is 12.0. The van der Waals surface area contributed by atoms with Crippen LogP contribution in [0.5, 0.6) is 0 Å². The van der Waals surface area contributed by atoms with Crippen LogP contribution < -0.4 is 10.6 Å². The van der Waals surface area contributed by atoms with Gasteiger partial charge in [-0.1, -0.05) is 20.8 Å². The molecule has 0 spiro atoms. The Labute approximate surface area is 113 Å². The minimum Gasteiger partial charge on any atom is -0.378 e. The molecule has 2 heterocycles. The summed E-state index contributed by atoms with van der Waals surface area (Å²) in [7, 11) is 0. The normalized spacial score (nSPS) is 20.3. The highest BCUT2D eigenvalue weighted by Gasteiger charge is 2.22. The Morgan fingerprint density at radius 1 is 1.58 bits per heavy atom. The molecule has 1 unspecified atom stereocenters. The first-order valence-electron chi connectivity index (χ1n) is 6.60. The Balaban J connectivity index is 1.90. The predicted molar refractivity (Wildman–Crippen MR) is 73.0 cm³/mol. The fourth-order valence-electron chi connectivity index (χ4n) is 2.03. The first kappa shape index (κ1) is 14.0. The summed E-state index contributed by atoms with van der Waals surface area (Å²) >= 11 is 0. The fraction of sp³-hybridized carbons (Fsp3) is 0.692. The topological polar surface area (TPSA) is 79.0 Å². The highest BCUT2D eigenvalue weighted by Crippen LogP contribution is 2.20. The average molecular weight is 266 g/mol. The van der Waals surface area contributed by atoms with Gasteiger partial charge in [0.25, 0.3) is 0 Å². The Hall–Kier alpha value is -1.40. The van der Waals surface area contributed by atoms with Gasteiger partial charge in [-0.15, -0.1) is 0 Å². The first-order valence-corrected chi connectivity index (χ1v) is 6.60. The number of H-pyrrole nitrogens is 1. The molecule has 1 fully saturated rings. The number of nitrogens with zero attached hydrogens (tertiary/aromatic N) is 1. The molecule has 1 aromatic heterocycles. The maximum Gasteiger partial charge on any atom is 0.245 e. The molecule has 0 aromatic carbocycles. The number of hydrogen-bond acceptors (Lipinski definition) is 4. The summed E-state index contributed by atoms with van der Waals surface area (Å²) in [5, 5.41) is 13.0. The number of amides is 1. The number of nitrogens with one attached hydrogen (secondary N) is 3. The smallest absolute Gasteiger partial charge is 0.245 e. The highest BCUT2D eigenvalue weighted by atomic mass is 16.5. The molecule has 106 valence electrons. The molecule has 6 heteroatoms. The van der Waals surface area contributed by atoms with E-state index in [0.717, 1.165) is 12.1 Å². The Bertz CT molecular complexity index is 430. The van der Waals surface area contributed by atoms with E-state index in [2.05, 4.69) is 41.6 Å². The minimum absolute atomic E-state index is 0.103. The van der Waals surface area contributed by atoms with Crippen molar-refractivity contribution in [2.75, 3.05) is 25.1 Å². The van der Waals surface area contributed by atoms with Crippen LogP contribution in [0.15, 0.2) is 6.07 Å². The van der Waals surface area contributed by atoms with Crippen molar-refractivity contribution in [1.82, 2.24) is 15.5 Å². The molecule has 0 saturated carbocycles. The molecule has 0 bridgehead atoms. The number of hydrogen-bond donors (Lipinski definition) is 3. The summed E-state index contributed by atoms with van der Waals surface area (Å²) in [6, 6.07) is 1.59. The minimum atomic E-state index is -0.295. The second kappa shape index (κ2) is 5.71. The summed E-state index contributed by atoms with van der Waals surface area (Å²) in [5.41, 5.74) is 1.21. The van der Waals surface area contributed by atoms with Crippen molar-refractivity contribution in [3.05, 3.63) is 11.8 Å². The molecule has 1 amide bonds. The number of aromatic amines is 1. The van der Waals surface area contributed by atoms with Crippen molar-refractivity contribution in [1.29, 1.82) is 0 Å². The van der Waals surface area contributed by atoms with Crippen LogP contribution in [0.2, 0.25) is 0 Å². The van der Waals surface area contributed by atoms with E-state index in [4.69, 9.17) is 4.74 Å². The van der Waals surface area contributed by atoms with Crippen LogP contribution in [-0.2, 0) is 16.0 Å². The molecule has 3 N–H and O–H groups in total. The molecular formula is C13H22N4O2. The van der Waals surface area contributed by atoms with Crippen molar-refractivity contribution >= 4 is 11.7 Å². The van der Waals surface area contributed by atoms with Gasteiger partial charge in [-0.25, -0.2) is 0 Å². The van der Waals surface area contributed by atoms with Crippen LogP contribution in [-0.4, -0.2) is 41.9 Å². The molecule has 1 atom stereocenters. The van der Waals surface area contributed by atoms with Crippen LogP contribution in [0.1, 0.15) is 26.5 Å². The molecule has 0 radical (unpaired) electrons. The molecule has 2 rings (SSSR count). The zero-order valence-electron chi connectivity index (χ0n) is 11.7. The van der Waals surface area contributed by atoms with Crippen LogP contribution in [0, 0.1) is 5.41 Å².